The van der Waals surface area contributed by atoms with E-state index in [0.717, 1.165) is 16.5 Å². The summed E-state index contributed by atoms with van der Waals surface area (Å²) in [7, 11) is 0. The molecule has 2 heterocycles. The van der Waals surface area contributed by atoms with E-state index in [1.54, 1.807) is 6.07 Å². The first-order chi connectivity index (χ1) is 7.69. The fourth-order valence-electron chi connectivity index (χ4n) is 1.07. The first kappa shape index (κ1) is 11.2. The van der Waals surface area contributed by atoms with Crippen LogP contribution in [0.2, 0.25) is 0 Å². The molecule has 6 heteroatoms. The van der Waals surface area contributed by atoms with Crippen LogP contribution in [-0.4, -0.2) is 16.1 Å². The molecule has 0 aliphatic heterocycles. The van der Waals surface area contributed by atoms with Gasteiger partial charge in [0.1, 0.15) is 0 Å². The second kappa shape index (κ2) is 4.71. The van der Waals surface area contributed by atoms with E-state index in [9.17, 15) is 4.79 Å². The average molecular weight is 255 g/mol. The molecular weight excluding hydrogens is 246 g/mol. The van der Waals surface area contributed by atoms with Gasteiger partial charge in [-0.15, -0.1) is 11.3 Å². The van der Waals surface area contributed by atoms with E-state index >= 15 is 0 Å². The molecular formula is C10H9NO3S2. The molecule has 4 nitrogen and oxygen atoms in total. The number of rotatable bonds is 4. The van der Waals surface area contributed by atoms with Gasteiger partial charge in [-0.2, -0.15) is 0 Å². The van der Waals surface area contributed by atoms with Gasteiger partial charge in [0.15, 0.2) is 9.43 Å². The molecule has 0 atom stereocenters. The van der Waals surface area contributed by atoms with E-state index in [1.807, 2.05) is 12.3 Å². The first-order valence-electron chi connectivity index (χ1n) is 4.64. The van der Waals surface area contributed by atoms with Crippen molar-refractivity contribution in [3.05, 3.63) is 29.0 Å². The lowest BCUT2D eigenvalue weighted by Crippen LogP contribution is -1.91. The molecule has 0 unspecified atom stereocenters. The van der Waals surface area contributed by atoms with Gasteiger partial charge in [0.05, 0.1) is 5.69 Å². The van der Waals surface area contributed by atoms with Crippen LogP contribution in [0.25, 0.3) is 0 Å². The SMILES string of the molecule is CCc1csc(Sc2ccc(C(=O)O)o2)n1. The van der Waals surface area contributed by atoms with E-state index in [4.69, 9.17) is 9.52 Å². The highest BCUT2D eigenvalue weighted by Gasteiger charge is 2.11. The topological polar surface area (TPSA) is 63.3 Å². The Labute approximate surface area is 100 Å². The molecule has 0 radical (unpaired) electrons. The van der Waals surface area contributed by atoms with E-state index < -0.39 is 5.97 Å². The van der Waals surface area contributed by atoms with Crippen LogP contribution in [-0.2, 0) is 6.42 Å². The zero-order valence-electron chi connectivity index (χ0n) is 8.47. The Kier molecular flexibility index (Phi) is 3.31. The van der Waals surface area contributed by atoms with Gasteiger partial charge in [0.2, 0.25) is 5.76 Å². The molecule has 0 aliphatic rings. The summed E-state index contributed by atoms with van der Waals surface area (Å²) in [4.78, 5) is 15.0. The number of aromatic carboxylic acids is 1. The van der Waals surface area contributed by atoms with Crippen LogP contribution < -0.4 is 0 Å². The van der Waals surface area contributed by atoms with E-state index in [1.165, 1.54) is 29.2 Å². The summed E-state index contributed by atoms with van der Waals surface area (Å²) in [5.41, 5.74) is 1.04. The Bertz CT molecular complexity index is 504. The van der Waals surface area contributed by atoms with Crippen molar-refractivity contribution in [2.45, 2.75) is 22.8 Å². The molecule has 0 amide bonds. The van der Waals surface area contributed by atoms with Crippen LogP contribution in [0, 0.1) is 0 Å². The average Bonchev–Trinajstić information content (AvgIpc) is 2.87. The molecule has 2 aromatic heterocycles. The Balaban J connectivity index is 2.11. The minimum absolute atomic E-state index is 0.0465. The number of carbonyl (C=O) groups is 1. The van der Waals surface area contributed by atoms with Crippen LogP contribution >= 0.6 is 23.1 Å². The minimum atomic E-state index is -1.06. The maximum atomic E-state index is 10.6. The summed E-state index contributed by atoms with van der Waals surface area (Å²) >= 11 is 2.87. The molecule has 0 fully saturated rings. The molecule has 16 heavy (non-hydrogen) atoms. The van der Waals surface area contributed by atoms with Crippen molar-refractivity contribution in [3.63, 3.8) is 0 Å². The van der Waals surface area contributed by atoms with Gasteiger partial charge < -0.3 is 9.52 Å². The van der Waals surface area contributed by atoms with Crippen molar-refractivity contribution in [2.24, 2.45) is 0 Å². The van der Waals surface area contributed by atoms with Gasteiger partial charge >= 0.3 is 5.97 Å². The number of carboxylic acid groups (broad SMARTS) is 1. The lowest BCUT2D eigenvalue weighted by atomic mass is 10.4. The highest BCUT2D eigenvalue weighted by Crippen LogP contribution is 2.31. The van der Waals surface area contributed by atoms with Crippen molar-refractivity contribution >= 4 is 29.1 Å². The lowest BCUT2D eigenvalue weighted by molar-refractivity contribution is 0.0656. The molecule has 1 N–H and O–H groups in total. The summed E-state index contributed by atoms with van der Waals surface area (Å²) in [6.45, 7) is 2.04. The molecule has 2 aromatic rings. The van der Waals surface area contributed by atoms with Crippen molar-refractivity contribution in [1.29, 1.82) is 0 Å². The Morgan fingerprint density at radius 3 is 3.00 bits per heavy atom. The second-order valence-electron chi connectivity index (χ2n) is 2.98. The number of nitrogens with zero attached hydrogens (tertiary/aromatic N) is 1. The fourth-order valence-corrected chi connectivity index (χ4v) is 2.89. The van der Waals surface area contributed by atoms with Crippen LogP contribution in [0.1, 0.15) is 23.2 Å². The highest BCUT2D eigenvalue weighted by molar-refractivity contribution is 8.00. The van der Waals surface area contributed by atoms with E-state index in [-0.39, 0.29) is 5.76 Å². The molecule has 0 bridgehead atoms. The van der Waals surface area contributed by atoms with Crippen LogP contribution in [0.4, 0.5) is 0 Å². The predicted molar refractivity (Wildman–Crippen MR) is 61.3 cm³/mol. The first-order valence-corrected chi connectivity index (χ1v) is 6.34. The summed E-state index contributed by atoms with van der Waals surface area (Å²) in [5.74, 6) is -1.10. The molecule has 2 rings (SSSR count). The van der Waals surface area contributed by atoms with Crippen molar-refractivity contribution in [2.75, 3.05) is 0 Å². The number of thiazole rings is 1. The van der Waals surface area contributed by atoms with E-state index in [2.05, 4.69) is 4.98 Å². The Morgan fingerprint density at radius 2 is 2.44 bits per heavy atom. The number of aromatic nitrogens is 1. The summed E-state index contributed by atoms with van der Waals surface area (Å²) in [5, 5.41) is 11.2. The van der Waals surface area contributed by atoms with Gasteiger partial charge in [-0.3, -0.25) is 0 Å². The van der Waals surface area contributed by atoms with Crippen molar-refractivity contribution < 1.29 is 14.3 Å². The molecule has 0 aromatic carbocycles. The van der Waals surface area contributed by atoms with Gasteiger partial charge in [0, 0.05) is 5.38 Å². The molecule has 0 aliphatic carbocycles. The zero-order chi connectivity index (χ0) is 11.5. The van der Waals surface area contributed by atoms with Gasteiger partial charge in [0.25, 0.3) is 0 Å². The third-order valence-electron chi connectivity index (χ3n) is 1.87. The highest BCUT2D eigenvalue weighted by atomic mass is 32.2. The number of hydrogen-bond donors (Lipinski definition) is 1. The number of carboxylic acids is 1. The van der Waals surface area contributed by atoms with Crippen molar-refractivity contribution in [3.8, 4) is 0 Å². The van der Waals surface area contributed by atoms with Crippen molar-refractivity contribution in [1.82, 2.24) is 4.98 Å². The molecule has 0 spiro atoms. The monoisotopic (exact) mass is 255 g/mol. The maximum absolute atomic E-state index is 10.6. The molecule has 0 saturated heterocycles. The predicted octanol–water partition coefficient (Wildman–Crippen LogP) is 3.15. The normalized spacial score (nSPS) is 10.6. The van der Waals surface area contributed by atoms with Crippen LogP contribution in [0.5, 0.6) is 0 Å². The standard InChI is InChI=1S/C10H9NO3S2/c1-2-6-5-15-10(11-6)16-8-4-3-7(14-8)9(12)13/h3-5H,2H2,1H3,(H,12,13). The Morgan fingerprint density at radius 1 is 1.62 bits per heavy atom. The largest absolute Gasteiger partial charge is 0.475 e. The third kappa shape index (κ3) is 2.45. The quantitative estimate of drug-likeness (QED) is 0.909. The van der Waals surface area contributed by atoms with Gasteiger partial charge in [-0.05, 0) is 30.3 Å². The molecule has 0 saturated carbocycles. The molecule has 84 valence electrons. The lowest BCUT2D eigenvalue weighted by Gasteiger charge is -1.91. The second-order valence-corrected chi connectivity index (χ2v) is 5.09. The number of hydrogen-bond acceptors (Lipinski definition) is 5. The van der Waals surface area contributed by atoms with Crippen LogP contribution in [0.15, 0.2) is 31.4 Å². The fraction of sp³-hybridized carbons (Fsp3) is 0.200. The minimum Gasteiger partial charge on any atom is -0.475 e. The third-order valence-corrected chi connectivity index (χ3v) is 3.78. The smallest absolute Gasteiger partial charge is 0.371 e. The summed E-state index contributed by atoms with van der Waals surface area (Å²) < 4.78 is 5.99. The number of furan rings is 1. The zero-order valence-corrected chi connectivity index (χ0v) is 10.1. The number of aryl methyl sites for hydroxylation is 1. The van der Waals surface area contributed by atoms with E-state index in [0.29, 0.717) is 5.09 Å². The van der Waals surface area contributed by atoms with Crippen LogP contribution in [0.3, 0.4) is 0 Å². The maximum Gasteiger partial charge on any atom is 0.371 e. The van der Waals surface area contributed by atoms with Gasteiger partial charge in [-0.25, -0.2) is 9.78 Å². The van der Waals surface area contributed by atoms with Gasteiger partial charge in [-0.1, -0.05) is 6.92 Å². The summed E-state index contributed by atoms with van der Waals surface area (Å²) in [6.07, 6.45) is 0.898. The summed E-state index contributed by atoms with van der Waals surface area (Å²) in [6, 6.07) is 3.08. The Hall–Kier alpha value is -1.27.